The number of hydrogen-bond acceptors (Lipinski definition) is 0. The lowest BCUT2D eigenvalue weighted by atomic mass is 10.0. The van der Waals surface area contributed by atoms with Gasteiger partial charge in [-0.3, -0.25) is 0 Å². The first-order valence-corrected chi connectivity index (χ1v) is 4.99. The van der Waals surface area contributed by atoms with E-state index in [1.807, 2.05) is 0 Å². The van der Waals surface area contributed by atoms with Crippen LogP contribution in [0.5, 0.6) is 0 Å². The zero-order chi connectivity index (χ0) is 8.39. The monoisotopic (exact) mass is 160 g/mol. The van der Waals surface area contributed by atoms with Gasteiger partial charge in [0, 0.05) is 0 Å². The lowest BCUT2D eigenvalue weighted by Gasteiger charge is -2.01. The first-order valence-electron chi connectivity index (χ1n) is 4.99. The number of benzene rings is 1. The molecule has 1 saturated carbocycles. The summed E-state index contributed by atoms with van der Waals surface area (Å²) in [6, 6.07) is 9.12. The molecule has 0 amide bonds. The highest BCUT2D eigenvalue weighted by molar-refractivity contribution is 5.29. The maximum absolute atomic E-state index is 2.39. The van der Waals surface area contributed by atoms with E-state index in [9.17, 15) is 0 Å². The van der Waals surface area contributed by atoms with Gasteiger partial charge in [-0.05, 0) is 36.3 Å². The van der Waals surface area contributed by atoms with Gasteiger partial charge in [-0.1, -0.05) is 37.6 Å². The molecule has 0 radical (unpaired) electrons. The minimum absolute atomic E-state index is 0.904. The molecule has 64 valence electrons. The van der Waals surface area contributed by atoms with E-state index in [1.54, 1.807) is 5.56 Å². The molecular weight excluding hydrogens is 144 g/mol. The van der Waals surface area contributed by atoms with Crippen molar-refractivity contribution >= 4 is 0 Å². The SMILES string of the molecule is CCCc1cccc(C2CC2)c1. The third-order valence-electron chi connectivity index (χ3n) is 2.54. The van der Waals surface area contributed by atoms with Crippen LogP contribution in [0, 0.1) is 0 Å². The normalized spacial score (nSPS) is 16.4. The predicted molar refractivity (Wildman–Crippen MR) is 52.4 cm³/mol. The smallest absolute Gasteiger partial charge is 0.0161 e. The second-order valence-electron chi connectivity index (χ2n) is 3.77. The summed E-state index contributed by atoms with van der Waals surface area (Å²) in [5.74, 6) is 0.904. The van der Waals surface area contributed by atoms with E-state index in [1.165, 1.54) is 31.2 Å². The molecule has 1 aromatic rings. The van der Waals surface area contributed by atoms with Crippen molar-refractivity contribution in [2.24, 2.45) is 0 Å². The molecule has 0 heteroatoms. The van der Waals surface area contributed by atoms with Crippen molar-refractivity contribution in [2.75, 3.05) is 0 Å². The Bertz CT molecular complexity index is 258. The Morgan fingerprint density at radius 3 is 2.83 bits per heavy atom. The van der Waals surface area contributed by atoms with E-state index in [2.05, 4.69) is 31.2 Å². The van der Waals surface area contributed by atoms with Crippen molar-refractivity contribution in [3.8, 4) is 0 Å². The maximum Gasteiger partial charge on any atom is -0.0161 e. The van der Waals surface area contributed by atoms with Crippen LogP contribution in [-0.2, 0) is 6.42 Å². The highest BCUT2D eigenvalue weighted by Gasteiger charge is 2.22. The van der Waals surface area contributed by atoms with Crippen LogP contribution in [0.3, 0.4) is 0 Å². The topological polar surface area (TPSA) is 0 Å². The third-order valence-corrected chi connectivity index (χ3v) is 2.54. The summed E-state index contributed by atoms with van der Waals surface area (Å²) in [4.78, 5) is 0. The van der Waals surface area contributed by atoms with Crippen molar-refractivity contribution in [2.45, 2.75) is 38.5 Å². The molecule has 0 nitrogen and oxygen atoms in total. The second kappa shape index (κ2) is 3.30. The van der Waals surface area contributed by atoms with E-state index >= 15 is 0 Å². The summed E-state index contributed by atoms with van der Waals surface area (Å²) in [5.41, 5.74) is 3.09. The molecule has 0 saturated heterocycles. The molecular formula is C12H16. The Morgan fingerprint density at radius 2 is 2.17 bits per heavy atom. The number of aryl methyl sites for hydroxylation is 1. The molecule has 0 atom stereocenters. The minimum Gasteiger partial charge on any atom is -0.0651 e. The van der Waals surface area contributed by atoms with Gasteiger partial charge in [-0.2, -0.15) is 0 Å². The zero-order valence-electron chi connectivity index (χ0n) is 7.72. The Morgan fingerprint density at radius 1 is 1.33 bits per heavy atom. The molecule has 0 N–H and O–H groups in total. The summed E-state index contributed by atoms with van der Waals surface area (Å²) in [5, 5.41) is 0. The van der Waals surface area contributed by atoms with Crippen molar-refractivity contribution in [3.05, 3.63) is 35.4 Å². The molecule has 1 fully saturated rings. The van der Waals surface area contributed by atoms with Crippen molar-refractivity contribution in [1.29, 1.82) is 0 Å². The standard InChI is InChI=1S/C12H16/c1-2-4-10-5-3-6-12(9-10)11-7-8-11/h3,5-6,9,11H,2,4,7-8H2,1H3. The van der Waals surface area contributed by atoms with Gasteiger partial charge in [-0.25, -0.2) is 0 Å². The van der Waals surface area contributed by atoms with Gasteiger partial charge < -0.3 is 0 Å². The Hall–Kier alpha value is -0.780. The van der Waals surface area contributed by atoms with Crippen LogP contribution in [0.2, 0.25) is 0 Å². The van der Waals surface area contributed by atoms with Crippen molar-refractivity contribution < 1.29 is 0 Å². The van der Waals surface area contributed by atoms with E-state index < -0.39 is 0 Å². The van der Waals surface area contributed by atoms with Crippen LogP contribution < -0.4 is 0 Å². The molecule has 1 aliphatic rings. The first kappa shape index (κ1) is 7.85. The van der Waals surface area contributed by atoms with Gasteiger partial charge >= 0.3 is 0 Å². The average molecular weight is 160 g/mol. The highest BCUT2D eigenvalue weighted by atomic mass is 14.3. The van der Waals surface area contributed by atoms with Gasteiger partial charge in [0.1, 0.15) is 0 Å². The largest absolute Gasteiger partial charge is 0.0651 e. The van der Waals surface area contributed by atoms with Gasteiger partial charge in [0.05, 0.1) is 0 Å². The van der Waals surface area contributed by atoms with Crippen LogP contribution >= 0.6 is 0 Å². The Kier molecular flexibility index (Phi) is 2.16. The third kappa shape index (κ3) is 1.69. The maximum atomic E-state index is 2.39. The first-order chi connectivity index (χ1) is 5.90. The van der Waals surface area contributed by atoms with Gasteiger partial charge in [0.2, 0.25) is 0 Å². The zero-order valence-corrected chi connectivity index (χ0v) is 7.72. The fraction of sp³-hybridized carbons (Fsp3) is 0.500. The average Bonchev–Trinajstić information content (AvgIpc) is 2.88. The van der Waals surface area contributed by atoms with Crippen LogP contribution in [0.25, 0.3) is 0 Å². The fourth-order valence-electron chi connectivity index (χ4n) is 1.71. The quantitative estimate of drug-likeness (QED) is 0.634. The van der Waals surface area contributed by atoms with Crippen molar-refractivity contribution in [1.82, 2.24) is 0 Å². The molecule has 2 rings (SSSR count). The summed E-state index contributed by atoms with van der Waals surface area (Å²) in [7, 11) is 0. The fourth-order valence-corrected chi connectivity index (χ4v) is 1.71. The lowest BCUT2D eigenvalue weighted by Crippen LogP contribution is -1.85. The molecule has 0 heterocycles. The van der Waals surface area contributed by atoms with Gasteiger partial charge in [0.25, 0.3) is 0 Å². The molecule has 12 heavy (non-hydrogen) atoms. The predicted octanol–water partition coefficient (Wildman–Crippen LogP) is 3.52. The molecule has 1 aromatic carbocycles. The van der Waals surface area contributed by atoms with Crippen LogP contribution in [0.15, 0.2) is 24.3 Å². The van der Waals surface area contributed by atoms with Gasteiger partial charge in [0.15, 0.2) is 0 Å². The summed E-state index contributed by atoms with van der Waals surface area (Å²) >= 11 is 0. The van der Waals surface area contributed by atoms with E-state index in [0.29, 0.717) is 0 Å². The number of hydrogen-bond donors (Lipinski definition) is 0. The van der Waals surface area contributed by atoms with E-state index in [-0.39, 0.29) is 0 Å². The summed E-state index contributed by atoms with van der Waals surface area (Å²) in [6.07, 6.45) is 5.32. The molecule has 0 bridgehead atoms. The van der Waals surface area contributed by atoms with Crippen LogP contribution in [-0.4, -0.2) is 0 Å². The number of rotatable bonds is 3. The van der Waals surface area contributed by atoms with Gasteiger partial charge in [-0.15, -0.1) is 0 Å². The van der Waals surface area contributed by atoms with Crippen LogP contribution in [0.4, 0.5) is 0 Å². The van der Waals surface area contributed by atoms with Crippen LogP contribution in [0.1, 0.15) is 43.2 Å². The van der Waals surface area contributed by atoms with E-state index in [0.717, 1.165) is 5.92 Å². The lowest BCUT2D eigenvalue weighted by molar-refractivity contribution is 0.916. The molecule has 1 aliphatic carbocycles. The molecule has 0 spiro atoms. The van der Waals surface area contributed by atoms with E-state index in [4.69, 9.17) is 0 Å². The Balaban J connectivity index is 2.15. The highest BCUT2D eigenvalue weighted by Crippen LogP contribution is 2.40. The molecule has 0 aromatic heterocycles. The molecule has 0 aliphatic heterocycles. The summed E-state index contributed by atoms with van der Waals surface area (Å²) < 4.78 is 0. The minimum atomic E-state index is 0.904. The summed E-state index contributed by atoms with van der Waals surface area (Å²) in [6.45, 7) is 2.24. The Labute approximate surface area is 74.6 Å². The van der Waals surface area contributed by atoms with Crippen molar-refractivity contribution in [3.63, 3.8) is 0 Å². The second-order valence-corrected chi connectivity index (χ2v) is 3.77. The molecule has 0 unspecified atom stereocenters.